The molecule has 2 aromatic carbocycles. The molecule has 0 aliphatic heterocycles. The lowest BCUT2D eigenvalue weighted by Gasteiger charge is -2.26. The molecule has 22 heavy (non-hydrogen) atoms. The summed E-state index contributed by atoms with van der Waals surface area (Å²) in [5.74, 6) is -0.995. The van der Waals surface area contributed by atoms with E-state index < -0.39 is 23.2 Å². The molecule has 0 spiro atoms. The van der Waals surface area contributed by atoms with Gasteiger partial charge in [-0.15, -0.1) is 0 Å². The summed E-state index contributed by atoms with van der Waals surface area (Å²) in [5, 5.41) is 10.7. The second-order valence-electron chi connectivity index (χ2n) is 4.74. The second-order valence-corrected chi connectivity index (χ2v) is 4.74. The average molecular weight is 307 g/mol. The van der Waals surface area contributed by atoms with Gasteiger partial charge in [-0.1, -0.05) is 42.5 Å². The Kier molecular flexibility index (Phi) is 4.25. The van der Waals surface area contributed by atoms with E-state index >= 15 is 0 Å². The molecule has 2 aromatic rings. The third-order valence-electron chi connectivity index (χ3n) is 3.44. The van der Waals surface area contributed by atoms with Crippen molar-refractivity contribution in [3.8, 4) is 0 Å². The Labute approximate surface area is 126 Å². The molecule has 1 atom stereocenters. The lowest BCUT2D eigenvalue weighted by Crippen LogP contribution is -2.42. The zero-order chi connectivity index (χ0) is 16.4. The number of amides is 1. The van der Waals surface area contributed by atoms with Gasteiger partial charge in [0.1, 0.15) is 0 Å². The highest BCUT2D eigenvalue weighted by atomic mass is 19.3. The van der Waals surface area contributed by atoms with Gasteiger partial charge >= 0.3 is 6.11 Å². The van der Waals surface area contributed by atoms with Crippen molar-refractivity contribution < 1.29 is 23.4 Å². The van der Waals surface area contributed by atoms with Gasteiger partial charge in [0.15, 0.2) is 5.60 Å². The molecule has 4 nitrogen and oxygen atoms in total. The predicted octanol–water partition coefficient (Wildman–Crippen LogP) is 2.10. The first kappa shape index (κ1) is 16.1. The molecule has 0 aromatic heterocycles. The highest BCUT2D eigenvalue weighted by Crippen LogP contribution is 2.33. The van der Waals surface area contributed by atoms with Crippen LogP contribution in [0.15, 0.2) is 54.6 Å². The summed E-state index contributed by atoms with van der Waals surface area (Å²) in [6.45, 7) is 0. The molecule has 0 aliphatic carbocycles. The molecule has 0 aliphatic rings. The maximum absolute atomic E-state index is 13.4. The maximum atomic E-state index is 13.4. The molecule has 0 saturated carbocycles. The van der Waals surface area contributed by atoms with Crippen LogP contribution in [-0.2, 0) is 21.2 Å². The number of benzene rings is 2. The van der Waals surface area contributed by atoms with E-state index in [0.29, 0.717) is 0 Å². The zero-order valence-corrected chi connectivity index (χ0v) is 11.8. The van der Waals surface area contributed by atoms with E-state index in [2.05, 4.69) is 4.74 Å². The normalized spacial score (nSPS) is 14.4. The van der Waals surface area contributed by atoms with Crippen LogP contribution in [0.4, 0.5) is 8.78 Å². The van der Waals surface area contributed by atoms with Crippen molar-refractivity contribution >= 4 is 5.91 Å². The SMILES string of the molecule is COC(F)(F)c1ccc(C(O)(C(N)=O)c2ccccc2)cc1. The van der Waals surface area contributed by atoms with Gasteiger partial charge in [0.25, 0.3) is 5.91 Å². The number of rotatable bonds is 5. The first-order valence-electron chi connectivity index (χ1n) is 6.44. The number of halogens is 2. The molecule has 0 bridgehead atoms. The van der Waals surface area contributed by atoms with E-state index in [9.17, 15) is 18.7 Å². The Morgan fingerprint density at radius 1 is 1.00 bits per heavy atom. The van der Waals surface area contributed by atoms with Crippen molar-refractivity contribution in [2.24, 2.45) is 5.73 Å². The van der Waals surface area contributed by atoms with Gasteiger partial charge in [0, 0.05) is 7.11 Å². The number of aliphatic hydroxyl groups is 1. The largest absolute Gasteiger partial charge is 0.383 e. The fraction of sp³-hybridized carbons (Fsp3) is 0.188. The highest BCUT2D eigenvalue weighted by Gasteiger charge is 2.39. The van der Waals surface area contributed by atoms with Crippen LogP contribution in [-0.4, -0.2) is 18.1 Å². The predicted molar refractivity (Wildman–Crippen MR) is 76.0 cm³/mol. The second kappa shape index (κ2) is 5.82. The summed E-state index contributed by atoms with van der Waals surface area (Å²) in [6, 6.07) is 12.6. The lowest BCUT2D eigenvalue weighted by molar-refractivity contribution is -0.231. The van der Waals surface area contributed by atoms with E-state index in [1.165, 1.54) is 24.3 Å². The van der Waals surface area contributed by atoms with Crippen LogP contribution in [0.5, 0.6) is 0 Å². The van der Waals surface area contributed by atoms with Crippen LogP contribution < -0.4 is 5.73 Å². The number of carbonyl (C=O) groups excluding carboxylic acids is 1. The number of hydrogen-bond acceptors (Lipinski definition) is 3. The van der Waals surface area contributed by atoms with Gasteiger partial charge in [0.05, 0.1) is 5.56 Å². The van der Waals surface area contributed by atoms with E-state index in [1.807, 2.05) is 0 Å². The van der Waals surface area contributed by atoms with Gasteiger partial charge in [0.2, 0.25) is 0 Å². The number of primary amides is 1. The molecular weight excluding hydrogens is 292 g/mol. The fourth-order valence-electron chi connectivity index (χ4n) is 2.15. The van der Waals surface area contributed by atoms with Crippen molar-refractivity contribution in [2.45, 2.75) is 11.7 Å². The van der Waals surface area contributed by atoms with Crippen molar-refractivity contribution in [1.29, 1.82) is 0 Å². The third-order valence-corrected chi connectivity index (χ3v) is 3.44. The van der Waals surface area contributed by atoms with Crippen molar-refractivity contribution in [2.75, 3.05) is 7.11 Å². The molecule has 2 rings (SSSR count). The van der Waals surface area contributed by atoms with Gasteiger partial charge in [-0.3, -0.25) is 4.79 Å². The fourth-order valence-corrected chi connectivity index (χ4v) is 2.15. The number of methoxy groups -OCH3 is 1. The van der Waals surface area contributed by atoms with E-state index in [4.69, 9.17) is 5.73 Å². The summed E-state index contributed by atoms with van der Waals surface area (Å²) in [6.07, 6.45) is -3.45. The van der Waals surface area contributed by atoms with Gasteiger partial charge < -0.3 is 15.6 Å². The third kappa shape index (κ3) is 2.70. The van der Waals surface area contributed by atoms with Gasteiger partial charge in [-0.25, -0.2) is 0 Å². The zero-order valence-electron chi connectivity index (χ0n) is 11.8. The Morgan fingerprint density at radius 2 is 1.45 bits per heavy atom. The molecule has 0 heterocycles. The maximum Gasteiger partial charge on any atom is 0.383 e. The molecule has 1 unspecified atom stereocenters. The summed E-state index contributed by atoms with van der Waals surface area (Å²) in [7, 11) is 0.887. The van der Waals surface area contributed by atoms with Crippen LogP contribution in [0.1, 0.15) is 16.7 Å². The molecule has 0 fully saturated rings. The quantitative estimate of drug-likeness (QED) is 0.888. The minimum absolute atomic E-state index is 0.0989. The first-order valence-corrected chi connectivity index (χ1v) is 6.44. The Morgan fingerprint density at radius 3 is 1.91 bits per heavy atom. The summed E-state index contributed by atoms with van der Waals surface area (Å²) >= 11 is 0. The molecule has 1 amide bonds. The number of hydrogen-bond donors (Lipinski definition) is 2. The summed E-state index contributed by atoms with van der Waals surface area (Å²) < 4.78 is 30.9. The number of nitrogens with two attached hydrogens (primary N) is 1. The Balaban J connectivity index is 2.50. The summed E-state index contributed by atoms with van der Waals surface area (Å²) in [5.41, 5.74) is 3.20. The molecule has 0 radical (unpaired) electrons. The van der Waals surface area contributed by atoms with Crippen LogP contribution in [0.25, 0.3) is 0 Å². The minimum atomic E-state index is -3.45. The smallest absolute Gasteiger partial charge is 0.372 e. The number of carbonyl (C=O) groups is 1. The number of ether oxygens (including phenoxy) is 1. The van der Waals surface area contributed by atoms with Crippen molar-refractivity contribution in [3.05, 3.63) is 71.3 Å². The Hall–Kier alpha value is -2.31. The van der Waals surface area contributed by atoms with E-state index in [0.717, 1.165) is 19.2 Å². The minimum Gasteiger partial charge on any atom is -0.372 e. The summed E-state index contributed by atoms with van der Waals surface area (Å²) in [4.78, 5) is 11.8. The standard InChI is InChI=1S/C16H15F2NO3/c1-22-16(17,18)13-9-7-12(8-10-13)15(21,14(19)20)11-5-3-2-4-6-11/h2-10,21H,1H3,(H2,19,20). The van der Waals surface area contributed by atoms with E-state index in [-0.39, 0.29) is 11.1 Å². The first-order chi connectivity index (χ1) is 10.3. The molecular formula is C16H15F2NO3. The van der Waals surface area contributed by atoms with Crippen LogP contribution in [0.3, 0.4) is 0 Å². The molecule has 0 saturated heterocycles. The van der Waals surface area contributed by atoms with Crippen molar-refractivity contribution in [3.63, 3.8) is 0 Å². The van der Waals surface area contributed by atoms with Crippen LogP contribution in [0.2, 0.25) is 0 Å². The molecule has 116 valence electrons. The molecule has 6 heteroatoms. The van der Waals surface area contributed by atoms with Crippen LogP contribution in [0, 0.1) is 0 Å². The molecule has 3 N–H and O–H groups in total. The highest BCUT2D eigenvalue weighted by molar-refractivity contribution is 5.88. The monoisotopic (exact) mass is 307 g/mol. The van der Waals surface area contributed by atoms with Gasteiger partial charge in [-0.2, -0.15) is 8.78 Å². The lowest BCUT2D eigenvalue weighted by atomic mass is 9.85. The number of alkyl halides is 2. The topological polar surface area (TPSA) is 72.6 Å². The van der Waals surface area contributed by atoms with E-state index in [1.54, 1.807) is 18.2 Å². The Bertz CT molecular complexity index is 659. The van der Waals surface area contributed by atoms with Crippen molar-refractivity contribution in [1.82, 2.24) is 0 Å². The van der Waals surface area contributed by atoms with Gasteiger partial charge in [-0.05, 0) is 23.3 Å². The average Bonchev–Trinajstić information content (AvgIpc) is 2.54. The van der Waals surface area contributed by atoms with Crippen LogP contribution >= 0.6 is 0 Å².